The number of rotatable bonds is 6. The molecule has 1 aliphatic carbocycles. The van der Waals surface area contributed by atoms with Crippen LogP contribution in [0.1, 0.15) is 22.3 Å². The molecule has 3 heterocycles. The maximum Gasteiger partial charge on any atom is 0.0755 e. The Morgan fingerprint density at radius 3 is 1.81 bits per heavy atom. The Kier molecular flexibility index (Phi) is 8.48. The summed E-state index contributed by atoms with van der Waals surface area (Å²) in [6, 6.07) is 95.0. The minimum atomic E-state index is -0.581. The van der Waals surface area contributed by atoms with E-state index in [-0.39, 0.29) is 0 Å². The molecule has 15 rings (SSSR count). The molecule has 0 bridgehead atoms. The van der Waals surface area contributed by atoms with Gasteiger partial charge in [-0.25, -0.2) is 0 Å². The van der Waals surface area contributed by atoms with Crippen LogP contribution in [-0.4, -0.2) is 4.57 Å². The van der Waals surface area contributed by atoms with Crippen LogP contribution in [0.25, 0.3) is 92.2 Å². The van der Waals surface area contributed by atoms with E-state index in [9.17, 15) is 0 Å². The third-order valence-corrected chi connectivity index (χ3v) is 16.4. The van der Waals surface area contributed by atoms with Crippen molar-refractivity contribution < 1.29 is 0 Å². The summed E-state index contributed by atoms with van der Waals surface area (Å²) in [5, 5.41) is 5.19. The van der Waals surface area contributed by atoms with Crippen molar-refractivity contribution in [2.24, 2.45) is 0 Å². The van der Waals surface area contributed by atoms with E-state index in [1.165, 1.54) is 109 Å². The molecule has 1 unspecified atom stereocenters. The third-order valence-electron chi connectivity index (χ3n) is 15.2. The van der Waals surface area contributed by atoms with E-state index in [0.29, 0.717) is 0 Å². The number of hydrogen-bond acceptors (Lipinski definition) is 2. The average Bonchev–Trinajstić information content (AvgIpc) is 4.08. The van der Waals surface area contributed by atoms with Gasteiger partial charge in [-0.2, -0.15) is 0 Å². The summed E-state index contributed by atoms with van der Waals surface area (Å²) < 4.78 is 5.16. The third kappa shape index (κ3) is 5.49. The number of fused-ring (bicyclic) bond motifs is 15. The first-order valence-electron chi connectivity index (χ1n) is 24.2. The first kappa shape index (κ1) is 39.3. The lowest BCUT2D eigenvalue weighted by molar-refractivity contribution is 0.748. The number of benzene rings is 11. The number of aromatic nitrogens is 1. The highest BCUT2D eigenvalue weighted by atomic mass is 32.1. The predicted molar refractivity (Wildman–Crippen MR) is 296 cm³/mol. The summed E-state index contributed by atoms with van der Waals surface area (Å²) in [7, 11) is 0. The predicted octanol–water partition coefficient (Wildman–Crippen LogP) is 18.3. The molecule has 1 spiro atoms. The van der Waals surface area contributed by atoms with E-state index in [1.807, 2.05) is 11.3 Å². The highest BCUT2D eigenvalue weighted by molar-refractivity contribution is 7.25. The van der Waals surface area contributed by atoms with Crippen LogP contribution < -0.4 is 4.90 Å². The quantitative estimate of drug-likeness (QED) is 0.161. The van der Waals surface area contributed by atoms with Gasteiger partial charge in [-0.1, -0.05) is 200 Å². The molecule has 0 amide bonds. The molecule has 11 aromatic carbocycles. The highest BCUT2D eigenvalue weighted by Crippen LogP contribution is 2.62. The maximum absolute atomic E-state index is 2.53. The van der Waals surface area contributed by atoms with Crippen LogP contribution in [0.3, 0.4) is 0 Å². The second-order valence-electron chi connectivity index (χ2n) is 18.7. The average molecular weight is 907 g/mol. The zero-order valence-electron chi connectivity index (χ0n) is 38.1. The van der Waals surface area contributed by atoms with Gasteiger partial charge in [0.1, 0.15) is 0 Å². The Labute approximate surface area is 410 Å². The fraction of sp³-hybridized carbons (Fsp3) is 0.0149. The summed E-state index contributed by atoms with van der Waals surface area (Å²) in [5.41, 5.74) is 21.4. The molecule has 0 saturated heterocycles. The summed E-state index contributed by atoms with van der Waals surface area (Å²) >= 11 is 1.87. The number of nitrogens with zero attached hydrogens (tertiary/aromatic N) is 2. The van der Waals surface area contributed by atoms with Gasteiger partial charge in [0.2, 0.25) is 0 Å². The molecule has 2 nitrogen and oxygen atoms in total. The van der Waals surface area contributed by atoms with Crippen molar-refractivity contribution in [3.63, 3.8) is 0 Å². The summed E-state index contributed by atoms with van der Waals surface area (Å²) in [6.45, 7) is 0. The highest BCUT2D eigenvalue weighted by Gasteiger charge is 2.51. The Bertz CT molecular complexity index is 4250. The molecule has 2 aliphatic rings. The van der Waals surface area contributed by atoms with Gasteiger partial charge in [0.05, 0.1) is 27.8 Å². The normalized spacial score (nSPS) is 14.3. The summed E-state index contributed by atoms with van der Waals surface area (Å²) in [4.78, 5) is 2.50. The molecule has 0 fully saturated rings. The Morgan fingerprint density at radius 1 is 0.329 bits per heavy atom. The van der Waals surface area contributed by atoms with Gasteiger partial charge in [0.15, 0.2) is 0 Å². The topological polar surface area (TPSA) is 8.17 Å². The van der Waals surface area contributed by atoms with Crippen molar-refractivity contribution in [2.45, 2.75) is 5.41 Å². The van der Waals surface area contributed by atoms with E-state index in [0.717, 1.165) is 22.6 Å². The van der Waals surface area contributed by atoms with Crippen molar-refractivity contribution in [1.82, 2.24) is 4.57 Å². The first-order chi connectivity index (χ1) is 34.7. The largest absolute Gasteiger partial charge is 0.310 e. The maximum atomic E-state index is 2.53. The van der Waals surface area contributed by atoms with Crippen molar-refractivity contribution in [1.29, 1.82) is 0 Å². The number of thiophene rings is 1. The number of hydrogen-bond donors (Lipinski definition) is 0. The van der Waals surface area contributed by atoms with Crippen LogP contribution >= 0.6 is 11.3 Å². The number of para-hydroxylation sites is 4. The van der Waals surface area contributed by atoms with Gasteiger partial charge >= 0.3 is 0 Å². The molecule has 70 heavy (non-hydrogen) atoms. The molecule has 0 radical (unpaired) electrons. The van der Waals surface area contributed by atoms with Gasteiger partial charge in [0.25, 0.3) is 0 Å². The molecular formula is C67H42N2S. The van der Waals surface area contributed by atoms with Crippen molar-refractivity contribution >= 4 is 70.4 Å². The summed E-state index contributed by atoms with van der Waals surface area (Å²) in [6.07, 6.45) is 0. The van der Waals surface area contributed by atoms with Gasteiger partial charge in [0, 0.05) is 47.9 Å². The second-order valence-corrected chi connectivity index (χ2v) is 19.8. The van der Waals surface area contributed by atoms with Gasteiger partial charge in [-0.05, 0) is 116 Å². The zero-order valence-corrected chi connectivity index (χ0v) is 38.9. The second kappa shape index (κ2) is 15.1. The van der Waals surface area contributed by atoms with E-state index in [2.05, 4.69) is 264 Å². The van der Waals surface area contributed by atoms with Crippen LogP contribution in [0, 0.1) is 0 Å². The molecule has 2 aromatic heterocycles. The summed E-state index contributed by atoms with van der Waals surface area (Å²) in [5.74, 6) is 0. The van der Waals surface area contributed by atoms with Crippen molar-refractivity contribution in [2.75, 3.05) is 4.90 Å². The molecule has 1 atom stereocenters. The van der Waals surface area contributed by atoms with Crippen LogP contribution in [0.15, 0.2) is 255 Å². The Hall–Kier alpha value is -8.76. The standard InChI is InChI=1S/C67H42N2S/c1-2-17-44(18-3-1)48-19-4-5-20-49(48)52-22-7-12-29-61(52)68(46-36-33-43(34-37-46)45-35-39-55-54-24-9-15-32-64(54)70-65(55)41-45)47-38-40-51-50-21-6-10-26-57(50)67(60(51)42-47)58-27-11-14-31-63(58)69-62-30-13-8-23-53(62)56-25-16-28-59(67)66(56)69/h1-42H. The van der Waals surface area contributed by atoms with Gasteiger partial charge in [-0.3, -0.25) is 0 Å². The van der Waals surface area contributed by atoms with Crippen LogP contribution in [0.2, 0.25) is 0 Å². The first-order valence-corrected chi connectivity index (χ1v) is 25.0. The SMILES string of the molecule is c1ccc(-c2ccccc2-c2ccccc2N(c2ccc(-c3ccc4c(c3)sc3ccccc34)cc2)c2ccc3c(c2)C2(c4ccccc4-3)c3ccccc3-n3c4ccccc4c4cccc2c43)cc1. The van der Waals surface area contributed by atoms with Crippen LogP contribution in [0.4, 0.5) is 17.1 Å². The van der Waals surface area contributed by atoms with E-state index in [4.69, 9.17) is 0 Å². The molecule has 0 N–H and O–H groups in total. The van der Waals surface area contributed by atoms with E-state index < -0.39 is 5.41 Å². The molecule has 326 valence electrons. The van der Waals surface area contributed by atoms with Gasteiger partial charge < -0.3 is 9.47 Å². The Balaban J connectivity index is 0.976. The van der Waals surface area contributed by atoms with Crippen molar-refractivity contribution in [3.05, 3.63) is 277 Å². The smallest absolute Gasteiger partial charge is 0.0755 e. The van der Waals surface area contributed by atoms with Crippen LogP contribution in [-0.2, 0) is 5.41 Å². The lowest BCUT2D eigenvalue weighted by Crippen LogP contribution is -2.33. The fourth-order valence-corrected chi connectivity index (χ4v) is 13.5. The van der Waals surface area contributed by atoms with E-state index in [1.54, 1.807) is 0 Å². The lowest BCUT2D eigenvalue weighted by Gasteiger charge is -2.40. The minimum Gasteiger partial charge on any atom is -0.310 e. The minimum absolute atomic E-state index is 0.581. The van der Waals surface area contributed by atoms with E-state index >= 15 is 0 Å². The molecular weight excluding hydrogens is 865 g/mol. The molecule has 3 heteroatoms. The number of anilines is 3. The molecule has 13 aromatic rings. The monoisotopic (exact) mass is 906 g/mol. The zero-order chi connectivity index (χ0) is 45.9. The van der Waals surface area contributed by atoms with Crippen molar-refractivity contribution in [3.8, 4) is 50.2 Å². The van der Waals surface area contributed by atoms with Gasteiger partial charge in [-0.15, -0.1) is 11.3 Å². The van der Waals surface area contributed by atoms with Crippen LogP contribution in [0.5, 0.6) is 0 Å². The Morgan fingerprint density at radius 2 is 0.943 bits per heavy atom. The lowest BCUT2D eigenvalue weighted by atomic mass is 9.65. The molecule has 1 aliphatic heterocycles. The fourth-order valence-electron chi connectivity index (χ4n) is 12.3. The molecule has 0 saturated carbocycles.